The van der Waals surface area contributed by atoms with Gasteiger partial charge in [-0.15, -0.1) is 0 Å². The van der Waals surface area contributed by atoms with Gasteiger partial charge in [0.15, 0.2) is 0 Å². The van der Waals surface area contributed by atoms with Crippen LogP contribution in [-0.2, 0) is 14.9 Å². The highest BCUT2D eigenvalue weighted by atomic mass is 32.2. The summed E-state index contributed by atoms with van der Waals surface area (Å²) in [5.41, 5.74) is 1.89. The van der Waals surface area contributed by atoms with Crippen molar-refractivity contribution < 1.29 is 33.1 Å². The molecule has 1 amide bonds. The summed E-state index contributed by atoms with van der Waals surface area (Å²) in [5, 5.41) is 18.4. The van der Waals surface area contributed by atoms with Gasteiger partial charge in [0.25, 0.3) is 11.7 Å². The molecule has 2 aromatic rings. The maximum Gasteiger partial charge on any atom is 0.320 e. The zero-order chi connectivity index (χ0) is 23.6. The minimum Gasteiger partial charge on any atom is -0.744 e. The molecule has 1 aromatic carbocycles. The fourth-order valence-corrected chi connectivity index (χ4v) is 3.45. The van der Waals surface area contributed by atoms with Crippen molar-refractivity contribution >= 4 is 34.0 Å². The van der Waals surface area contributed by atoms with Gasteiger partial charge in [0.2, 0.25) is 0 Å². The Kier molecular flexibility index (Phi) is 9.40. The molecule has 0 saturated heterocycles. The Balaban J connectivity index is 1.83. The molecule has 0 radical (unpaired) electrons. The van der Waals surface area contributed by atoms with E-state index in [0.29, 0.717) is 37.2 Å². The lowest BCUT2D eigenvalue weighted by molar-refractivity contribution is -0.580. The van der Waals surface area contributed by atoms with E-state index in [1.54, 1.807) is 25.2 Å². The zero-order valence-corrected chi connectivity index (χ0v) is 18.2. The maximum atomic E-state index is 12.2. The Morgan fingerprint density at radius 3 is 2.62 bits per heavy atom. The van der Waals surface area contributed by atoms with E-state index in [2.05, 4.69) is 20.7 Å². The average molecular weight is 464 g/mol. The zero-order valence-electron chi connectivity index (χ0n) is 17.4. The highest BCUT2D eigenvalue weighted by Gasteiger charge is 2.14. The number of quaternary nitrogens is 1. The normalized spacial score (nSPS) is 12.6. The van der Waals surface area contributed by atoms with Crippen molar-refractivity contribution in [3.63, 3.8) is 0 Å². The van der Waals surface area contributed by atoms with Gasteiger partial charge in [0.05, 0.1) is 16.7 Å². The molecule has 5 N–H and O–H groups in total. The van der Waals surface area contributed by atoms with Crippen LogP contribution in [0, 0.1) is 0 Å². The number of amides is 1. The SMILES string of the molecule is CNC(CCCCNC(=O)c1ccc([NH2+]/N=C/c2ccccc2S(=O)(=O)[O-])nc1)C(=O)O. The molecule has 1 atom stereocenters. The number of likely N-dealkylation sites (N-methyl/N-ethyl adjacent to an activating group) is 1. The molecule has 1 heterocycles. The number of aromatic nitrogens is 1. The molecular weight excluding hydrogens is 438 g/mol. The highest BCUT2D eigenvalue weighted by molar-refractivity contribution is 7.85. The number of aliphatic carboxylic acids is 1. The molecule has 32 heavy (non-hydrogen) atoms. The minimum atomic E-state index is -4.61. The van der Waals surface area contributed by atoms with Gasteiger partial charge in [-0.1, -0.05) is 23.3 Å². The highest BCUT2D eigenvalue weighted by Crippen LogP contribution is 2.12. The van der Waals surface area contributed by atoms with Crippen LogP contribution in [0.5, 0.6) is 0 Å². The van der Waals surface area contributed by atoms with Crippen LogP contribution in [0.3, 0.4) is 0 Å². The molecule has 172 valence electrons. The molecule has 1 unspecified atom stereocenters. The van der Waals surface area contributed by atoms with Crippen LogP contribution < -0.4 is 16.1 Å². The summed E-state index contributed by atoms with van der Waals surface area (Å²) in [7, 11) is -3.02. The largest absolute Gasteiger partial charge is 0.744 e. The summed E-state index contributed by atoms with van der Waals surface area (Å²) >= 11 is 0. The first-order valence-corrected chi connectivity index (χ1v) is 11.2. The summed E-state index contributed by atoms with van der Waals surface area (Å²) in [5.74, 6) is -0.763. The molecule has 2 rings (SSSR count). The van der Waals surface area contributed by atoms with Crippen LogP contribution in [0.2, 0.25) is 0 Å². The minimum absolute atomic E-state index is 0.166. The van der Waals surface area contributed by atoms with Crippen LogP contribution in [0.15, 0.2) is 52.6 Å². The molecule has 0 saturated carbocycles. The second-order valence-electron chi connectivity index (χ2n) is 6.80. The monoisotopic (exact) mass is 463 g/mol. The molecular formula is C20H25N5O6S. The first kappa shape index (κ1) is 25.1. The van der Waals surface area contributed by atoms with Gasteiger partial charge in [-0.3, -0.25) is 9.59 Å². The number of nitrogens with zero attached hydrogens (tertiary/aromatic N) is 2. The van der Waals surface area contributed by atoms with Gasteiger partial charge >= 0.3 is 5.97 Å². The Morgan fingerprint density at radius 2 is 2.00 bits per heavy atom. The molecule has 0 spiro atoms. The number of unbranched alkanes of at least 4 members (excludes halogenated alkanes) is 1. The summed E-state index contributed by atoms with van der Waals surface area (Å²) in [4.78, 5) is 26.8. The fraction of sp³-hybridized carbons (Fsp3) is 0.300. The third-order valence-electron chi connectivity index (χ3n) is 4.51. The van der Waals surface area contributed by atoms with Crippen molar-refractivity contribution in [3.05, 3.63) is 53.7 Å². The van der Waals surface area contributed by atoms with Crippen molar-refractivity contribution in [1.29, 1.82) is 0 Å². The summed E-state index contributed by atoms with van der Waals surface area (Å²) in [6.07, 6.45) is 4.40. The molecule has 11 nitrogen and oxygen atoms in total. The van der Waals surface area contributed by atoms with Crippen LogP contribution in [0.25, 0.3) is 0 Å². The molecule has 0 bridgehead atoms. The average Bonchev–Trinajstić information content (AvgIpc) is 2.76. The summed E-state index contributed by atoms with van der Waals surface area (Å²) in [6, 6.07) is 8.26. The molecule has 0 aliphatic carbocycles. The van der Waals surface area contributed by atoms with E-state index in [1.807, 2.05) is 0 Å². The lowest BCUT2D eigenvalue weighted by Crippen LogP contribution is -2.71. The molecule has 0 aliphatic rings. The van der Waals surface area contributed by atoms with Crippen molar-refractivity contribution in [3.8, 4) is 0 Å². The van der Waals surface area contributed by atoms with Crippen LogP contribution >= 0.6 is 0 Å². The molecule has 0 aliphatic heterocycles. The molecule has 1 aromatic heterocycles. The lowest BCUT2D eigenvalue weighted by Gasteiger charge is -2.10. The van der Waals surface area contributed by atoms with Gasteiger partial charge in [-0.2, -0.15) is 5.43 Å². The maximum absolute atomic E-state index is 12.2. The number of carbonyl (C=O) groups is 2. The Labute approximate surface area is 185 Å². The number of nitrogens with two attached hydrogens (primary N) is 1. The number of pyridine rings is 1. The van der Waals surface area contributed by atoms with E-state index in [1.165, 1.54) is 36.0 Å². The number of carboxylic acid groups (broad SMARTS) is 1. The van der Waals surface area contributed by atoms with Crippen LogP contribution in [0.4, 0.5) is 5.82 Å². The smallest absolute Gasteiger partial charge is 0.320 e. The van der Waals surface area contributed by atoms with Crippen molar-refractivity contribution in [2.24, 2.45) is 5.10 Å². The van der Waals surface area contributed by atoms with E-state index >= 15 is 0 Å². The standard InChI is InChI=1S/C20H25N5O6S/c1-21-16(20(27)28)7-4-5-11-22-19(26)15-9-10-18(23-12-15)25-24-13-14-6-2-3-8-17(14)32(29,30)31/h2-3,6,8-10,12-13,16,21H,4-5,7,11H2,1H3,(H,22,26)(H,23,25)(H,27,28)(H,29,30,31)/b24-13+. The van der Waals surface area contributed by atoms with E-state index in [-0.39, 0.29) is 16.4 Å². The predicted octanol–water partition coefficient (Wildman–Crippen LogP) is -0.213. The van der Waals surface area contributed by atoms with Gasteiger partial charge in [-0.25, -0.2) is 13.4 Å². The van der Waals surface area contributed by atoms with Crippen LogP contribution in [0.1, 0.15) is 35.2 Å². The summed E-state index contributed by atoms with van der Waals surface area (Å²) in [6.45, 7) is 0.412. The van der Waals surface area contributed by atoms with Crippen LogP contribution in [-0.4, -0.2) is 60.8 Å². The van der Waals surface area contributed by atoms with Crippen molar-refractivity contribution in [2.45, 2.75) is 30.2 Å². The fourth-order valence-electron chi connectivity index (χ4n) is 2.79. The lowest BCUT2D eigenvalue weighted by atomic mass is 10.1. The quantitative estimate of drug-likeness (QED) is 0.110. The first-order valence-electron chi connectivity index (χ1n) is 9.78. The number of hydrogen-bond donors (Lipinski definition) is 4. The number of carbonyl (C=O) groups excluding carboxylic acids is 1. The topological polar surface area (TPSA) is 177 Å². The number of rotatable bonds is 12. The van der Waals surface area contributed by atoms with Gasteiger partial charge in [0, 0.05) is 24.4 Å². The van der Waals surface area contributed by atoms with E-state index < -0.39 is 22.1 Å². The Morgan fingerprint density at radius 1 is 1.25 bits per heavy atom. The van der Waals surface area contributed by atoms with E-state index in [4.69, 9.17) is 5.11 Å². The van der Waals surface area contributed by atoms with E-state index in [9.17, 15) is 22.6 Å². The number of nitrogens with one attached hydrogen (secondary N) is 2. The third kappa shape index (κ3) is 7.81. The third-order valence-corrected chi connectivity index (χ3v) is 5.42. The summed E-state index contributed by atoms with van der Waals surface area (Å²) < 4.78 is 33.8. The Hall–Kier alpha value is -3.19. The molecule has 0 fully saturated rings. The predicted molar refractivity (Wildman–Crippen MR) is 114 cm³/mol. The number of hydrogen-bond acceptors (Lipinski definition) is 8. The van der Waals surface area contributed by atoms with E-state index in [0.717, 1.165) is 0 Å². The second-order valence-corrected chi connectivity index (χ2v) is 8.15. The van der Waals surface area contributed by atoms with Gasteiger partial charge in [0.1, 0.15) is 16.2 Å². The number of benzene rings is 1. The van der Waals surface area contributed by atoms with Crippen molar-refractivity contribution in [2.75, 3.05) is 13.6 Å². The first-order chi connectivity index (χ1) is 15.2. The van der Waals surface area contributed by atoms with Gasteiger partial charge in [-0.05, 0) is 38.4 Å². The number of carboxylic acids is 1. The van der Waals surface area contributed by atoms with Gasteiger partial charge < -0.3 is 20.3 Å². The molecule has 12 heteroatoms. The Bertz CT molecular complexity index is 1060. The van der Waals surface area contributed by atoms with Crippen molar-refractivity contribution in [1.82, 2.24) is 15.6 Å². The second kappa shape index (κ2) is 12.0.